The van der Waals surface area contributed by atoms with Crippen LogP contribution in [0.25, 0.3) is 0 Å². The predicted octanol–water partition coefficient (Wildman–Crippen LogP) is 3.45. The number of hydrogen-bond acceptors (Lipinski definition) is 3. The Hall–Kier alpha value is -0.640. The topological polar surface area (TPSA) is 60.7 Å². The summed E-state index contributed by atoms with van der Waals surface area (Å²) in [5, 5.41) is 28.5. The van der Waals surface area contributed by atoms with Crippen molar-refractivity contribution in [3.8, 4) is 0 Å². The Morgan fingerprint density at radius 3 is 2.61 bits per heavy atom. The van der Waals surface area contributed by atoms with Crippen molar-refractivity contribution in [1.82, 2.24) is 0 Å². The highest BCUT2D eigenvalue weighted by Gasteiger charge is 2.53. The molecule has 2 fully saturated rings. The fourth-order valence-corrected chi connectivity index (χ4v) is 5.51. The van der Waals surface area contributed by atoms with Crippen LogP contribution in [0.5, 0.6) is 0 Å². The minimum Gasteiger partial charge on any atom is -0.396 e. The van der Waals surface area contributed by atoms with Crippen molar-refractivity contribution in [3.63, 3.8) is 0 Å². The Kier molecular flexibility index (Phi) is 6.10. The smallest absolute Gasteiger partial charge is 0.0642 e. The van der Waals surface area contributed by atoms with Gasteiger partial charge in [0.05, 0.1) is 13.2 Å². The van der Waals surface area contributed by atoms with Gasteiger partial charge in [0.25, 0.3) is 0 Å². The van der Waals surface area contributed by atoms with Gasteiger partial charge in [0.1, 0.15) is 0 Å². The van der Waals surface area contributed by atoms with Crippen molar-refractivity contribution in [3.05, 3.63) is 23.8 Å². The van der Waals surface area contributed by atoms with Crippen molar-refractivity contribution < 1.29 is 15.3 Å². The third kappa shape index (κ3) is 3.57. The van der Waals surface area contributed by atoms with E-state index in [1.807, 2.05) is 0 Å². The van der Waals surface area contributed by atoms with E-state index in [0.29, 0.717) is 11.8 Å². The zero-order valence-corrected chi connectivity index (χ0v) is 14.9. The van der Waals surface area contributed by atoms with Gasteiger partial charge in [-0.1, -0.05) is 38.5 Å². The van der Waals surface area contributed by atoms with Crippen LogP contribution in [-0.2, 0) is 0 Å². The summed E-state index contributed by atoms with van der Waals surface area (Å²) < 4.78 is 0. The first-order valence-electron chi connectivity index (χ1n) is 9.09. The lowest BCUT2D eigenvalue weighted by Crippen LogP contribution is -2.51. The Morgan fingerprint density at radius 2 is 2.00 bits per heavy atom. The van der Waals surface area contributed by atoms with E-state index in [9.17, 15) is 10.2 Å². The van der Waals surface area contributed by atoms with Gasteiger partial charge in [-0.15, -0.1) is 0 Å². The molecule has 0 heterocycles. The first-order chi connectivity index (χ1) is 10.9. The van der Waals surface area contributed by atoms with Crippen molar-refractivity contribution in [2.75, 3.05) is 19.8 Å². The first-order valence-corrected chi connectivity index (χ1v) is 9.09. The summed E-state index contributed by atoms with van der Waals surface area (Å²) in [6, 6.07) is 0. The Labute approximate surface area is 141 Å². The molecule has 3 nitrogen and oxygen atoms in total. The highest BCUT2D eigenvalue weighted by atomic mass is 16.3. The maximum atomic E-state index is 9.99. The lowest BCUT2D eigenvalue weighted by Gasteiger charge is -2.58. The minimum atomic E-state index is -0.00994. The average Bonchev–Trinajstić information content (AvgIpc) is 2.52. The molecule has 0 radical (unpaired) electrons. The number of aliphatic hydroxyl groups is 3. The molecule has 3 heteroatoms. The normalized spacial score (nSPS) is 38.5. The molecule has 0 saturated heterocycles. The van der Waals surface area contributed by atoms with E-state index >= 15 is 0 Å². The molecule has 0 aliphatic heterocycles. The summed E-state index contributed by atoms with van der Waals surface area (Å²) in [7, 11) is 0. The van der Waals surface area contributed by atoms with Crippen LogP contribution in [0.1, 0.15) is 58.8 Å². The van der Waals surface area contributed by atoms with Gasteiger partial charge in [0.2, 0.25) is 0 Å². The average molecular weight is 322 g/mol. The molecule has 2 aliphatic rings. The molecule has 4 atom stereocenters. The van der Waals surface area contributed by atoms with Crippen LogP contribution >= 0.6 is 0 Å². The van der Waals surface area contributed by atoms with Gasteiger partial charge >= 0.3 is 0 Å². The van der Waals surface area contributed by atoms with E-state index in [1.54, 1.807) is 6.08 Å². The molecular weight excluding hydrogens is 288 g/mol. The van der Waals surface area contributed by atoms with Crippen molar-refractivity contribution >= 4 is 0 Å². The largest absolute Gasteiger partial charge is 0.396 e. The second kappa shape index (κ2) is 7.50. The Bertz CT molecular complexity index is 456. The van der Waals surface area contributed by atoms with Crippen LogP contribution in [0.2, 0.25) is 0 Å². The monoisotopic (exact) mass is 322 g/mol. The van der Waals surface area contributed by atoms with Crippen molar-refractivity contribution in [1.29, 1.82) is 0 Å². The second-order valence-corrected chi connectivity index (χ2v) is 8.22. The van der Waals surface area contributed by atoms with E-state index in [1.165, 1.54) is 18.4 Å². The van der Waals surface area contributed by atoms with Gasteiger partial charge in [-0.05, 0) is 66.8 Å². The Morgan fingerprint density at radius 1 is 1.26 bits per heavy atom. The number of aliphatic hydroxyl groups excluding tert-OH is 3. The lowest BCUT2D eigenvalue weighted by molar-refractivity contribution is -0.0859. The fraction of sp³-hybridized carbons (Fsp3) is 0.800. The molecule has 2 aliphatic carbocycles. The highest BCUT2D eigenvalue weighted by Crippen LogP contribution is 2.61. The molecule has 0 amide bonds. The van der Waals surface area contributed by atoms with E-state index in [-0.39, 0.29) is 30.7 Å². The van der Waals surface area contributed by atoms with E-state index in [0.717, 1.165) is 37.7 Å². The van der Waals surface area contributed by atoms with Gasteiger partial charge in [-0.2, -0.15) is 0 Å². The molecule has 0 spiro atoms. The fourth-order valence-electron chi connectivity index (χ4n) is 5.51. The number of fused-ring (bicyclic) bond motifs is 1. The summed E-state index contributed by atoms with van der Waals surface area (Å²) in [6.45, 7) is 9.30. The molecule has 3 N–H and O–H groups in total. The summed E-state index contributed by atoms with van der Waals surface area (Å²) in [6.07, 6.45) is 9.22. The van der Waals surface area contributed by atoms with Gasteiger partial charge < -0.3 is 15.3 Å². The third-order valence-corrected chi connectivity index (χ3v) is 6.84. The number of allylic oxidation sites excluding steroid dienone is 1. The van der Waals surface area contributed by atoms with Gasteiger partial charge in [-0.3, -0.25) is 0 Å². The summed E-state index contributed by atoms with van der Waals surface area (Å²) >= 11 is 0. The SMILES string of the molecule is C=C1CCC2[C@](C)(CO)CCC[C@@]2(C)[C@@H]1CC/C(=C/CO)CO. The van der Waals surface area contributed by atoms with Crippen LogP contribution in [0.15, 0.2) is 23.8 Å². The van der Waals surface area contributed by atoms with Crippen molar-refractivity contribution in [2.24, 2.45) is 22.7 Å². The number of hydrogen-bond donors (Lipinski definition) is 3. The van der Waals surface area contributed by atoms with Crippen LogP contribution in [0, 0.1) is 22.7 Å². The zero-order valence-electron chi connectivity index (χ0n) is 14.9. The molecule has 1 unspecified atom stereocenters. The van der Waals surface area contributed by atoms with Gasteiger partial charge in [-0.25, -0.2) is 0 Å². The second-order valence-electron chi connectivity index (χ2n) is 8.22. The van der Waals surface area contributed by atoms with Crippen LogP contribution in [0.4, 0.5) is 0 Å². The molecule has 0 aromatic carbocycles. The summed E-state index contributed by atoms with van der Waals surface area (Å²) in [5.74, 6) is 0.990. The maximum absolute atomic E-state index is 9.99. The summed E-state index contributed by atoms with van der Waals surface area (Å²) in [5.41, 5.74) is 2.50. The highest BCUT2D eigenvalue weighted by molar-refractivity contribution is 5.17. The Balaban J connectivity index is 2.20. The molecule has 132 valence electrons. The maximum Gasteiger partial charge on any atom is 0.0642 e. The minimum absolute atomic E-state index is 0.00994. The molecule has 23 heavy (non-hydrogen) atoms. The van der Waals surface area contributed by atoms with Gasteiger partial charge in [0, 0.05) is 6.61 Å². The zero-order chi connectivity index (χ0) is 17.1. The van der Waals surface area contributed by atoms with Crippen molar-refractivity contribution in [2.45, 2.75) is 58.8 Å². The molecule has 0 aromatic rings. The molecule has 2 saturated carbocycles. The van der Waals surface area contributed by atoms with E-state index in [2.05, 4.69) is 20.4 Å². The molecule has 0 aromatic heterocycles. The predicted molar refractivity (Wildman–Crippen MR) is 94.0 cm³/mol. The van der Waals surface area contributed by atoms with Crippen LogP contribution in [-0.4, -0.2) is 35.1 Å². The van der Waals surface area contributed by atoms with Crippen LogP contribution < -0.4 is 0 Å². The third-order valence-electron chi connectivity index (χ3n) is 6.84. The van der Waals surface area contributed by atoms with Crippen LogP contribution in [0.3, 0.4) is 0 Å². The van der Waals surface area contributed by atoms with E-state index in [4.69, 9.17) is 5.11 Å². The molecule has 0 bridgehead atoms. The standard InChI is InChI=1S/C20H34O3/c1-15-5-8-18-19(2,14-23)10-4-11-20(18,3)17(15)7-6-16(13-22)9-12-21/h9,17-18,21-23H,1,4-8,10-14H2,2-3H3/b16-9-/t17-,18?,19+,20+/m1/s1. The first kappa shape index (κ1) is 18.7. The van der Waals surface area contributed by atoms with E-state index < -0.39 is 0 Å². The summed E-state index contributed by atoms with van der Waals surface area (Å²) in [4.78, 5) is 0. The molecular formula is C20H34O3. The molecule has 2 rings (SSSR count). The lowest BCUT2D eigenvalue weighted by atomic mass is 9.47. The number of rotatable bonds is 6. The van der Waals surface area contributed by atoms with Gasteiger partial charge in [0.15, 0.2) is 0 Å². The quantitative estimate of drug-likeness (QED) is 0.656.